The van der Waals surface area contributed by atoms with Crippen LogP contribution in [-0.2, 0) is 21.1 Å². The molecule has 0 spiro atoms. The predicted octanol–water partition coefficient (Wildman–Crippen LogP) is 2.03. The predicted molar refractivity (Wildman–Crippen MR) is 102 cm³/mol. The molecule has 2 rings (SSSR count). The number of carbonyl (C=O) groups excluding carboxylic acids is 2. The van der Waals surface area contributed by atoms with E-state index in [1.54, 1.807) is 24.3 Å². The molecule has 26 heavy (non-hydrogen) atoms. The van der Waals surface area contributed by atoms with Gasteiger partial charge in [-0.25, -0.2) is 8.42 Å². The molecule has 0 unspecified atom stereocenters. The molecule has 0 radical (unpaired) electrons. The van der Waals surface area contributed by atoms with Crippen LogP contribution in [0.3, 0.4) is 0 Å². The molecule has 0 saturated carbocycles. The monoisotopic (exact) mass is 374 g/mol. The Hall–Kier alpha value is -2.67. The van der Waals surface area contributed by atoms with Crippen molar-refractivity contribution in [3.8, 4) is 0 Å². The van der Waals surface area contributed by atoms with E-state index in [0.29, 0.717) is 24.1 Å². The van der Waals surface area contributed by atoms with Crippen LogP contribution in [-0.4, -0.2) is 38.8 Å². The number of carbonyl (C=O) groups is 2. The Morgan fingerprint density at radius 1 is 0.962 bits per heavy atom. The zero-order chi connectivity index (χ0) is 19.0. The first kappa shape index (κ1) is 19.7. The smallest absolute Gasteiger partial charge is 0.251 e. The highest BCUT2D eigenvalue weighted by Gasteiger charge is 2.16. The number of sulfone groups is 1. The van der Waals surface area contributed by atoms with Gasteiger partial charge in [0, 0.05) is 18.3 Å². The molecule has 0 heterocycles. The molecule has 0 aliphatic carbocycles. The molecule has 0 atom stereocenters. The molecule has 0 bridgehead atoms. The highest BCUT2D eigenvalue weighted by Crippen LogP contribution is 2.10. The number of benzene rings is 2. The molecular weight excluding hydrogens is 352 g/mol. The second-order valence-electron chi connectivity index (χ2n) is 5.89. The summed E-state index contributed by atoms with van der Waals surface area (Å²) < 4.78 is 24.2. The second-order valence-corrected chi connectivity index (χ2v) is 8.07. The summed E-state index contributed by atoms with van der Waals surface area (Å²) in [6.07, 6.45) is 1.13. The summed E-state index contributed by atoms with van der Waals surface area (Å²) in [5.41, 5.74) is 1.98. The van der Waals surface area contributed by atoms with E-state index >= 15 is 0 Å². The molecule has 0 aromatic heterocycles. The topological polar surface area (TPSA) is 92.3 Å². The van der Waals surface area contributed by atoms with Crippen LogP contribution in [0.1, 0.15) is 22.3 Å². The standard InChI is InChI=1S/C19H22N2O4S/c1-20-19(23)16-9-11-17(12-10-16)21-18(22)14-26(24,25)13-5-8-15-6-3-2-4-7-15/h2-4,6-7,9-12H,5,8,13-14H2,1H3,(H,20,23)(H,21,22). The lowest BCUT2D eigenvalue weighted by atomic mass is 10.1. The quantitative estimate of drug-likeness (QED) is 0.739. The van der Waals surface area contributed by atoms with Gasteiger partial charge in [-0.2, -0.15) is 0 Å². The summed E-state index contributed by atoms with van der Waals surface area (Å²) in [5, 5.41) is 5.04. The number of hydrogen-bond acceptors (Lipinski definition) is 4. The van der Waals surface area contributed by atoms with E-state index in [-0.39, 0.29) is 11.7 Å². The average molecular weight is 374 g/mol. The maximum atomic E-state index is 12.1. The second kappa shape index (κ2) is 9.15. The van der Waals surface area contributed by atoms with Crippen molar-refractivity contribution in [3.05, 3.63) is 65.7 Å². The Balaban J connectivity index is 1.82. The van der Waals surface area contributed by atoms with Gasteiger partial charge in [0.1, 0.15) is 5.75 Å². The van der Waals surface area contributed by atoms with Crippen LogP contribution in [0.4, 0.5) is 5.69 Å². The first-order valence-corrected chi connectivity index (χ1v) is 10.1. The van der Waals surface area contributed by atoms with Crippen LogP contribution < -0.4 is 10.6 Å². The summed E-state index contributed by atoms with van der Waals surface area (Å²) in [4.78, 5) is 23.4. The Morgan fingerprint density at radius 3 is 2.23 bits per heavy atom. The van der Waals surface area contributed by atoms with Crippen molar-refractivity contribution >= 4 is 27.3 Å². The number of anilines is 1. The zero-order valence-corrected chi connectivity index (χ0v) is 15.4. The first-order valence-electron chi connectivity index (χ1n) is 8.26. The van der Waals surface area contributed by atoms with Gasteiger partial charge >= 0.3 is 0 Å². The molecule has 2 aromatic carbocycles. The van der Waals surface area contributed by atoms with Crippen LogP contribution in [0.25, 0.3) is 0 Å². The third-order valence-corrected chi connectivity index (χ3v) is 5.39. The van der Waals surface area contributed by atoms with E-state index in [1.165, 1.54) is 7.05 Å². The molecular formula is C19H22N2O4S. The van der Waals surface area contributed by atoms with E-state index in [9.17, 15) is 18.0 Å². The van der Waals surface area contributed by atoms with Gasteiger partial charge in [-0.05, 0) is 42.7 Å². The molecule has 2 N–H and O–H groups in total. The minimum atomic E-state index is -3.47. The van der Waals surface area contributed by atoms with Gasteiger partial charge < -0.3 is 10.6 Å². The number of rotatable bonds is 8. The summed E-state index contributed by atoms with van der Waals surface area (Å²) in [6, 6.07) is 15.9. The van der Waals surface area contributed by atoms with Gasteiger partial charge in [-0.3, -0.25) is 9.59 Å². The lowest BCUT2D eigenvalue weighted by molar-refractivity contribution is -0.113. The van der Waals surface area contributed by atoms with E-state index < -0.39 is 21.5 Å². The van der Waals surface area contributed by atoms with E-state index in [0.717, 1.165) is 5.56 Å². The first-order chi connectivity index (χ1) is 12.4. The van der Waals surface area contributed by atoms with E-state index in [2.05, 4.69) is 10.6 Å². The summed E-state index contributed by atoms with van der Waals surface area (Å²) in [7, 11) is -1.94. The molecule has 7 heteroatoms. The minimum absolute atomic E-state index is 0.0368. The van der Waals surface area contributed by atoms with Gasteiger partial charge in [0.05, 0.1) is 5.75 Å². The normalized spacial score (nSPS) is 11.0. The third-order valence-electron chi connectivity index (χ3n) is 3.77. The van der Waals surface area contributed by atoms with Crippen LogP contribution in [0, 0.1) is 0 Å². The summed E-state index contributed by atoms with van der Waals surface area (Å²) in [5.74, 6) is -1.41. The third kappa shape index (κ3) is 6.33. The van der Waals surface area contributed by atoms with Crippen molar-refractivity contribution in [2.75, 3.05) is 23.9 Å². The lowest BCUT2D eigenvalue weighted by Crippen LogP contribution is -2.25. The van der Waals surface area contributed by atoms with Gasteiger partial charge in [0.25, 0.3) is 5.91 Å². The lowest BCUT2D eigenvalue weighted by Gasteiger charge is -2.07. The van der Waals surface area contributed by atoms with Crippen molar-refractivity contribution in [2.45, 2.75) is 12.8 Å². The zero-order valence-electron chi connectivity index (χ0n) is 14.6. The fourth-order valence-corrected chi connectivity index (χ4v) is 3.66. The van der Waals surface area contributed by atoms with Gasteiger partial charge in [0.15, 0.2) is 9.84 Å². The highest BCUT2D eigenvalue weighted by molar-refractivity contribution is 7.92. The molecule has 6 nitrogen and oxygen atoms in total. The molecule has 2 aromatic rings. The molecule has 0 aliphatic rings. The Morgan fingerprint density at radius 2 is 1.62 bits per heavy atom. The largest absolute Gasteiger partial charge is 0.355 e. The SMILES string of the molecule is CNC(=O)c1ccc(NC(=O)CS(=O)(=O)CCCc2ccccc2)cc1. The van der Waals surface area contributed by atoms with Crippen molar-refractivity contribution in [1.82, 2.24) is 5.32 Å². The van der Waals surface area contributed by atoms with Crippen molar-refractivity contribution in [1.29, 1.82) is 0 Å². The number of amides is 2. The van der Waals surface area contributed by atoms with Crippen LogP contribution in [0.2, 0.25) is 0 Å². The Bertz CT molecular complexity index is 847. The van der Waals surface area contributed by atoms with Crippen LogP contribution >= 0.6 is 0 Å². The number of nitrogens with one attached hydrogen (secondary N) is 2. The van der Waals surface area contributed by atoms with Gasteiger partial charge in [-0.1, -0.05) is 30.3 Å². The minimum Gasteiger partial charge on any atom is -0.355 e. The fraction of sp³-hybridized carbons (Fsp3) is 0.263. The fourth-order valence-electron chi connectivity index (χ4n) is 2.46. The average Bonchev–Trinajstić information content (AvgIpc) is 2.62. The number of hydrogen-bond donors (Lipinski definition) is 2. The van der Waals surface area contributed by atoms with Crippen LogP contribution in [0.5, 0.6) is 0 Å². The maximum Gasteiger partial charge on any atom is 0.251 e. The Labute approximate surface area is 153 Å². The molecule has 0 aliphatic heterocycles. The molecule has 0 saturated heterocycles. The molecule has 138 valence electrons. The van der Waals surface area contributed by atoms with E-state index in [1.807, 2.05) is 30.3 Å². The molecule has 2 amide bonds. The maximum absolute atomic E-state index is 12.1. The van der Waals surface area contributed by atoms with Gasteiger partial charge in [0.2, 0.25) is 5.91 Å². The van der Waals surface area contributed by atoms with Crippen molar-refractivity contribution in [3.63, 3.8) is 0 Å². The number of aryl methyl sites for hydroxylation is 1. The van der Waals surface area contributed by atoms with E-state index in [4.69, 9.17) is 0 Å². The van der Waals surface area contributed by atoms with Crippen LogP contribution in [0.15, 0.2) is 54.6 Å². The summed E-state index contributed by atoms with van der Waals surface area (Å²) in [6.45, 7) is 0. The summed E-state index contributed by atoms with van der Waals surface area (Å²) >= 11 is 0. The van der Waals surface area contributed by atoms with Crippen molar-refractivity contribution in [2.24, 2.45) is 0 Å². The molecule has 0 fully saturated rings. The van der Waals surface area contributed by atoms with Gasteiger partial charge in [-0.15, -0.1) is 0 Å². The Kier molecular flexibility index (Phi) is 6.91. The van der Waals surface area contributed by atoms with Crippen molar-refractivity contribution < 1.29 is 18.0 Å². The highest BCUT2D eigenvalue weighted by atomic mass is 32.2.